The molecule has 9 nitrogen and oxygen atoms in total. The average Bonchev–Trinajstić information content (AvgIpc) is 3.38. The van der Waals surface area contributed by atoms with Crippen LogP contribution in [0.1, 0.15) is 65.2 Å². The SMILES string of the molecule is CC(C)N1C(=O)C2C3CC(C(OC(=O)C4CCCCCCC4)C31)C2C(=O)OC(CS(=O)(=O)O)(C(F)(F)F)C(F)(F)F. The van der Waals surface area contributed by atoms with E-state index in [0.29, 0.717) is 12.8 Å². The topological polar surface area (TPSA) is 127 Å². The van der Waals surface area contributed by atoms with Gasteiger partial charge in [0.2, 0.25) is 5.91 Å². The van der Waals surface area contributed by atoms with E-state index in [1.807, 2.05) is 0 Å². The smallest absolute Gasteiger partial charge is 0.438 e. The molecule has 234 valence electrons. The largest absolute Gasteiger partial charge is 0.460 e. The fourth-order valence-corrected chi connectivity index (χ4v) is 8.21. The van der Waals surface area contributed by atoms with Gasteiger partial charge in [0.05, 0.1) is 23.8 Å². The molecule has 0 spiro atoms. The van der Waals surface area contributed by atoms with Crippen LogP contribution in [0.5, 0.6) is 0 Å². The van der Waals surface area contributed by atoms with Crippen LogP contribution in [0.25, 0.3) is 0 Å². The molecule has 4 fully saturated rings. The number of hydrogen-bond acceptors (Lipinski definition) is 7. The Hall–Kier alpha value is -2.10. The summed E-state index contributed by atoms with van der Waals surface area (Å²) in [7, 11) is -5.98. The molecule has 1 heterocycles. The van der Waals surface area contributed by atoms with Crippen LogP contribution in [0.3, 0.4) is 0 Å². The van der Waals surface area contributed by atoms with Gasteiger partial charge in [0.1, 0.15) is 11.9 Å². The van der Waals surface area contributed by atoms with Gasteiger partial charge in [-0.25, -0.2) is 0 Å². The molecule has 4 aliphatic rings. The van der Waals surface area contributed by atoms with Gasteiger partial charge in [-0.15, -0.1) is 0 Å². The zero-order valence-corrected chi connectivity index (χ0v) is 23.2. The maximum Gasteiger partial charge on any atom is 0.438 e. The normalized spacial score (nSPS) is 31.4. The first-order chi connectivity index (χ1) is 18.8. The van der Waals surface area contributed by atoms with Gasteiger partial charge in [-0.3, -0.25) is 18.9 Å². The third-order valence-corrected chi connectivity index (χ3v) is 9.78. The van der Waals surface area contributed by atoms with E-state index in [2.05, 4.69) is 4.74 Å². The first-order valence-corrected chi connectivity index (χ1v) is 15.3. The summed E-state index contributed by atoms with van der Waals surface area (Å²) < 4.78 is 125. The summed E-state index contributed by atoms with van der Waals surface area (Å²) >= 11 is 0. The van der Waals surface area contributed by atoms with E-state index in [9.17, 15) is 49.1 Å². The van der Waals surface area contributed by atoms with Crippen molar-refractivity contribution in [1.82, 2.24) is 4.90 Å². The minimum Gasteiger partial charge on any atom is -0.460 e. The van der Waals surface area contributed by atoms with Crippen LogP contribution >= 0.6 is 0 Å². The Morgan fingerprint density at radius 1 is 0.951 bits per heavy atom. The minimum absolute atomic E-state index is 0.00993. The standard InChI is InChI=1S/C25H33F6NO8S/c1-12(2)32-18-14-10-15(19(18)39-21(34)13-8-6-4-3-5-7-9-13)17(16(14)20(32)33)22(35)40-23(24(26,27)28,25(29,30)31)11-41(36,37)38/h12-19H,3-11H2,1-2H3,(H,36,37,38). The molecular formula is C25H33F6NO8S. The number of hydrogen-bond donors (Lipinski definition) is 1. The Morgan fingerprint density at radius 2 is 1.49 bits per heavy atom. The lowest BCUT2D eigenvalue weighted by Gasteiger charge is -2.39. The number of likely N-dealkylation sites (tertiary alicyclic amines) is 1. The first kappa shape index (κ1) is 31.8. The highest BCUT2D eigenvalue weighted by Gasteiger charge is 2.78. The molecule has 0 aromatic carbocycles. The molecule has 1 N–H and O–H groups in total. The molecule has 6 atom stereocenters. The van der Waals surface area contributed by atoms with Crippen molar-refractivity contribution in [3.8, 4) is 0 Å². The number of fused-ring (bicyclic) bond motifs is 1. The van der Waals surface area contributed by atoms with Crippen molar-refractivity contribution < 1.29 is 63.2 Å². The fourth-order valence-electron chi connectivity index (χ4n) is 7.31. The molecular weight excluding hydrogens is 588 g/mol. The number of amides is 1. The third-order valence-electron chi connectivity index (χ3n) is 9.01. The summed E-state index contributed by atoms with van der Waals surface area (Å²) in [6, 6.07) is -1.20. The molecule has 16 heteroatoms. The van der Waals surface area contributed by atoms with Crippen molar-refractivity contribution in [3.05, 3.63) is 0 Å². The molecule has 2 bridgehead atoms. The summed E-state index contributed by atoms with van der Waals surface area (Å²) in [6.07, 6.45) is -8.64. The lowest BCUT2D eigenvalue weighted by molar-refractivity contribution is -0.362. The van der Waals surface area contributed by atoms with E-state index in [0.717, 1.165) is 32.1 Å². The predicted octanol–water partition coefficient (Wildman–Crippen LogP) is 4.05. The van der Waals surface area contributed by atoms with Gasteiger partial charge in [-0.1, -0.05) is 32.1 Å². The van der Waals surface area contributed by atoms with E-state index in [-0.39, 0.29) is 6.42 Å². The predicted molar refractivity (Wildman–Crippen MR) is 127 cm³/mol. The molecule has 1 aliphatic heterocycles. The minimum atomic E-state index is -6.50. The first-order valence-electron chi connectivity index (χ1n) is 13.6. The fraction of sp³-hybridized carbons (Fsp3) is 0.880. The quantitative estimate of drug-likeness (QED) is 0.256. The van der Waals surface area contributed by atoms with Crippen molar-refractivity contribution in [1.29, 1.82) is 0 Å². The molecule has 1 amide bonds. The second-order valence-electron chi connectivity index (χ2n) is 11.9. The zero-order valence-electron chi connectivity index (χ0n) is 22.4. The monoisotopic (exact) mass is 621 g/mol. The number of carbonyl (C=O) groups is 3. The summed E-state index contributed by atoms with van der Waals surface area (Å²) in [6.45, 7) is 3.28. The van der Waals surface area contributed by atoms with Gasteiger partial charge in [0, 0.05) is 12.0 Å². The summed E-state index contributed by atoms with van der Waals surface area (Å²) in [5.74, 6) is -11.9. The lowest BCUT2D eigenvalue weighted by Crippen LogP contribution is -2.64. The van der Waals surface area contributed by atoms with Crippen molar-refractivity contribution in [2.75, 3.05) is 5.75 Å². The van der Waals surface area contributed by atoms with Crippen LogP contribution < -0.4 is 0 Å². The highest BCUT2D eigenvalue weighted by Crippen LogP contribution is 2.61. The van der Waals surface area contributed by atoms with Crippen LogP contribution in [0.4, 0.5) is 26.3 Å². The van der Waals surface area contributed by atoms with Gasteiger partial charge in [-0.2, -0.15) is 34.8 Å². The number of rotatable bonds is 7. The Labute approximate surface area is 233 Å². The summed E-state index contributed by atoms with van der Waals surface area (Å²) in [5.41, 5.74) is -5.59. The molecule has 3 aliphatic carbocycles. The van der Waals surface area contributed by atoms with Crippen molar-refractivity contribution in [3.63, 3.8) is 0 Å². The number of carbonyl (C=O) groups excluding carboxylic acids is 3. The van der Waals surface area contributed by atoms with E-state index in [4.69, 9.17) is 9.29 Å². The number of halogens is 6. The maximum absolute atomic E-state index is 13.9. The molecule has 6 unspecified atom stereocenters. The zero-order chi connectivity index (χ0) is 30.7. The second kappa shape index (κ2) is 10.9. The van der Waals surface area contributed by atoms with Crippen molar-refractivity contribution in [2.45, 2.75) is 101 Å². The molecule has 41 heavy (non-hydrogen) atoms. The van der Waals surface area contributed by atoms with Crippen LogP contribution in [0.15, 0.2) is 0 Å². The van der Waals surface area contributed by atoms with Gasteiger partial charge in [0.15, 0.2) is 0 Å². The summed E-state index contributed by atoms with van der Waals surface area (Å²) in [4.78, 5) is 41.2. The Bertz CT molecular complexity index is 1130. The van der Waals surface area contributed by atoms with Crippen LogP contribution in [0.2, 0.25) is 0 Å². The van der Waals surface area contributed by atoms with E-state index < -0.39 is 99.4 Å². The Balaban J connectivity index is 1.68. The molecule has 3 saturated carbocycles. The van der Waals surface area contributed by atoms with Crippen LogP contribution in [0, 0.1) is 29.6 Å². The van der Waals surface area contributed by atoms with Crippen molar-refractivity contribution in [2.24, 2.45) is 29.6 Å². The summed E-state index contributed by atoms with van der Waals surface area (Å²) in [5, 5.41) is 0. The molecule has 0 aromatic rings. The van der Waals surface area contributed by atoms with Crippen LogP contribution in [-0.4, -0.2) is 77.6 Å². The third kappa shape index (κ3) is 5.66. The number of esters is 2. The molecule has 1 saturated heterocycles. The average molecular weight is 622 g/mol. The molecule has 4 rings (SSSR count). The maximum atomic E-state index is 13.9. The van der Waals surface area contributed by atoms with Gasteiger partial charge in [-0.05, 0) is 39.0 Å². The van der Waals surface area contributed by atoms with Gasteiger partial charge in [0.25, 0.3) is 10.1 Å². The second-order valence-corrected chi connectivity index (χ2v) is 13.3. The van der Waals surface area contributed by atoms with Gasteiger partial charge < -0.3 is 14.4 Å². The van der Waals surface area contributed by atoms with Crippen molar-refractivity contribution >= 4 is 28.0 Å². The lowest BCUT2D eigenvalue weighted by atomic mass is 9.78. The molecule has 0 aromatic heterocycles. The molecule has 0 radical (unpaired) electrons. The van der Waals surface area contributed by atoms with E-state index in [1.54, 1.807) is 13.8 Å². The number of ether oxygens (including phenoxy) is 2. The number of alkyl halides is 6. The van der Waals surface area contributed by atoms with Gasteiger partial charge >= 0.3 is 29.9 Å². The van der Waals surface area contributed by atoms with Crippen LogP contribution in [-0.2, 0) is 34.0 Å². The Kier molecular flexibility index (Phi) is 8.44. The highest BCUT2D eigenvalue weighted by atomic mass is 32.2. The highest BCUT2D eigenvalue weighted by molar-refractivity contribution is 7.85. The Morgan fingerprint density at radius 3 is 1.98 bits per heavy atom. The number of nitrogens with zero attached hydrogens (tertiary/aromatic N) is 1. The van der Waals surface area contributed by atoms with E-state index >= 15 is 0 Å². The van der Waals surface area contributed by atoms with E-state index in [1.165, 1.54) is 4.90 Å².